The number of carbonyl (C=O) groups excluding carboxylic acids is 2. The van der Waals surface area contributed by atoms with Crippen LogP contribution in [0.3, 0.4) is 0 Å². The molecule has 0 aliphatic rings. The number of hydrogen-bond donors (Lipinski definition) is 0. The van der Waals surface area contributed by atoms with Crippen LogP contribution < -0.4 is 0 Å². The number of ketones is 2. The summed E-state index contributed by atoms with van der Waals surface area (Å²) in [7, 11) is 3.34. The Morgan fingerprint density at radius 3 is 1.36 bits per heavy atom. The Labute approximate surface area is 139 Å². The number of aryl methyl sites for hydroxylation is 2. The average molecular weight is 330 g/mol. The van der Waals surface area contributed by atoms with E-state index in [2.05, 4.69) is 0 Å². The van der Waals surface area contributed by atoms with Gasteiger partial charge in [-0.1, -0.05) is 33.7 Å². The minimum atomic E-state index is 0.0861. The van der Waals surface area contributed by atoms with Gasteiger partial charge in [-0.05, 0) is 63.1 Å². The van der Waals surface area contributed by atoms with E-state index in [0.717, 1.165) is 32.0 Å². The normalized spacial score (nSPS) is 10.5. The highest BCUT2D eigenvalue weighted by molar-refractivity contribution is 8.76. The molecule has 0 aliphatic carbocycles. The maximum absolute atomic E-state index is 11.4. The molecule has 0 spiro atoms. The number of rotatable bonds is 5. The summed E-state index contributed by atoms with van der Waals surface area (Å²) in [6, 6.07) is 11.6. The Hall–Kier alpha value is -1.52. The number of carbonyl (C=O) groups is 2. The molecule has 0 bridgehead atoms. The third-order valence-corrected chi connectivity index (χ3v) is 6.07. The summed E-state index contributed by atoms with van der Waals surface area (Å²) < 4.78 is 0. The molecule has 0 heterocycles. The van der Waals surface area contributed by atoms with Crippen molar-refractivity contribution in [1.29, 1.82) is 0 Å². The van der Waals surface area contributed by atoms with Crippen molar-refractivity contribution in [3.05, 3.63) is 58.7 Å². The summed E-state index contributed by atoms with van der Waals surface area (Å²) in [4.78, 5) is 25.0. The van der Waals surface area contributed by atoms with E-state index >= 15 is 0 Å². The van der Waals surface area contributed by atoms with Crippen molar-refractivity contribution in [2.75, 3.05) is 0 Å². The molecule has 22 heavy (non-hydrogen) atoms. The highest BCUT2D eigenvalue weighted by Crippen LogP contribution is 2.40. The number of Topliss-reactive ketones (excluding diaryl/α,β-unsaturated/α-hetero) is 2. The van der Waals surface area contributed by atoms with Crippen molar-refractivity contribution < 1.29 is 9.59 Å². The largest absolute Gasteiger partial charge is 0.295 e. The van der Waals surface area contributed by atoms with E-state index in [0.29, 0.717) is 0 Å². The second-order valence-electron chi connectivity index (χ2n) is 5.24. The van der Waals surface area contributed by atoms with Crippen molar-refractivity contribution in [2.24, 2.45) is 0 Å². The molecule has 0 atom stereocenters. The summed E-state index contributed by atoms with van der Waals surface area (Å²) in [5.74, 6) is 0.172. The third-order valence-electron chi connectivity index (χ3n) is 3.38. The van der Waals surface area contributed by atoms with Gasteiger partial charge in [0.1, 0.15) is 0 Å². The molecule has 0 aliphatic heterocycles. The Morgan fingerprint density at radius 2 is 1.09 bits per heavy atom. The van der Waals surface area contributed by atoms with Gasteiger partial charge in [-0.3, -0.25) is 9.59 Å². The molecule has 0 saturated heterocycles. The molecule has 2 rings (SSSR count). The monoisotopic (exact) mass is 330 g/mol. The van der Waals surface area contributed by atoms with Crippen LogP contribution in [0.5, 0.6) is 0 Å². The number of hydrogen-bond acceptors (Lipinski definition) is 4. The van der Waals surface area contributed by atoms with E-state index in [4.69, 9.17) is 0 Å². The van der Waals surface area contributed by atoms with Crippen LogP contribution in [0, 0.1) is 13.8 Å². The molecule has 114 valence electrons. The van der Waals surface area contributed by atoms with Crippen LogP contribution in [-0.4, -0.2) is 11.6 Å². The van der Waals surface area contributed by atoms with Gasteiger partial charge < -0.3 is 0 Å². The average Bonchev–Trinajstić information content (AvgIpc) is 2.46. The van der Waals surface area contributed by atoms with Gasteiger partial charge in [-0.2, -0.15) is 0 Å². The first-order chi connectivity index (χ1) is 10.4. The SMILES string of the molecule is CC(=O)c1ccc(SSc2ccc(C(C)=O)cc2C)c(C)c1. The molecule has 2 aromatic carbocycles. The van der Waals surface area contributed by atoms with Crippen molar-refractivity contribution in [1.82, 2.24) is 0 Å². The van der Waals surface area contributed by atoms with Gasteiger partial charge >= 0.3 is 0 Å². The lowest BCUT2D eigenvalue weighted by atomic mass is 10.1. The lowest BCUT2D eigenvalue weighted by molar-refractivity contribution is 0.100. The summed E-state index contributed by atoms with van der Waals surface area (Å²) in [5, 5.41) is 0. The van der Waals surface area contributed by atoms with E-state index in [1.807, 2.05) is 50.2 Å². The fourth-order valence-corrected chi connectivity index (χ4v) is 4.48. The highest BCUT2D eigenvalue weighted by Gasteiger charge is 2.08. The maximum atomic E-state index is 11.4. The maximum Gasteiger partial charge on any atom is 0.159 e. The van der Waals surface area contributed by atoms with E-state index in [1.165, 1.54) is 0 Å². The van der Waals surface area contributed by atoms with Crippen molar-refractivity contribution in [3.8, 4) is 0 Å². The minimum Gasteiger partial charge on any atom is -0.295 e. The van der Waals surface area contributed by atoms with Gasteiger partial charge in [0.2, 0.25) is 0 Å². The van der Waals surface area contributed by atoms with Crippen molar-refractivity contribution in [2.45, 2.75) is 37.5 Å². The first-order valence-corrected chi connectivity index (χ1v) is 9.11. The highest BCUT2D eigenvalue weighted by atomic mass is 33.1. The van der Waals surface area contributed by atoms with Gasteiger partial charge in [0, 0.05) is 20.9 Å². The van der Waals surface area contributed by atoms with Crippen LogP contribution in [0.15, 0.2) is 46.2 Å². The predicted molar refractivity (Wildman–Crippen MR) is 94.1 cm³/mol. The van der Waals surface area contributed by atoms with E-state index in [9.17, 15) is 9.59 Å². The molecule has 2 nitrogen and oxygen atoms in total. The molecule has 0 unspecified atom stereocenters. The van der Waals surface area contributed by atoms with Crippen molar-refractivity contribution >= 4 is 33.2 Å². The van der Waals surface area contributed by atoms with Crippen LogP contribution in [0.25, 0.3) is 0 Å². The van der Waals surface area contributed by atoms with Gasteiger partial charge in [-0.25, -0.2) is 0 Å². The molecule has 0 N–H and O–H groups in total. The quantitative estimate of drug-likeness (QED) is 0.535. The van der Waals surface area contributed by atoms with Crippen molar-refractivity contribution in [3.63, 3.8) is 0 Å². The molecular weight excluding hydrogens is 312 g/mol. The summed E-state index contributed by atoms with van der Waals surface area (Å²) in [6.07, 6.45) is 0. The number of benzene rings is 2. The Bertz CT molecular complexity index is 672. The van der Waals surface area contributed by atoms with E-state index in [-0.39, 0.29) is 11.6 Å². The van der Waals surface area contributed by atoms with E-state index < -0.39 is 0 Å². The fourth-order valence-electron chi connectivity index (χ4n) is 2.01. The smallest absolute Gasteiger partial charge is 0.159 e. The zero-order chi connectivity index (χ0) is 16.3. The third kappa shape index (κ3) is 4.02. The van der Waals surface area contributed by atoms with Gasteiger partial charge in [0.15, 0.2) is 11.6 Å². The Balaban J connectivity index is 2.13. The standard InChI is InChI=1S/C18H18O2S2/c1-11-9-15(13(3)19)5-7-17(11)21-22-18-8-6-16(14(4)20)10-12(18)2/h5-10H,1-4H3. The second-order valence-corrected chi connectivity index (χ2v) is 7.45. The van der Waals surface area contributed by atoms with Crippen LogP contribution >= 0.6 is 21.6 Å². The molecular formula is C18H18O2S2. The fraction of sp³-hybridized carbons (Fsp3) is 0.222. The minimum absolute atomic E-state index is 0.0861. The first-order valence-electron chi connectivity index (χ1n) is 6.96. The molecule has 0 saturated carbocycles. The van der Waals surface area contributed by atoms with Gasteiger partial charge in [0.05, 0.1) is 0 Å². The zero-order valence-corrected chi connectivity index (χ0v) is 14.7. The zero-order valence-electron chi connectivity index (χ0n) is 13.1. The molecule has 0 fully saturated rings. The molecule has 0 amide bonds. The lowest BCUT2D eigenvalue weighted by Gasteiger charge is -2.09. The van der Waals surface area contributed by atoms with Crippen LogP contribution in [0.2, 0.25) is 0 Å². The second kappa shape index (κ2) is 7.16. The van der Waals surface area contributed by atoms with Crippen LogP contribution in [0.1, 0.15) is 45.7 Å². The first kappa shape index (κ1) is 16.8. The summed E-state index contributed by atoms with van der Waals surface area (Å²) in [6.45, 7) is 7.19. The van der Waals surface area contributed by atoms with Crippen LogP contribution in [-0.2, 0) is 0 Å². The molecule has 2 aromatic rings. The molecule has 4 heteroatoms. The van der Waals surface area contributed by atoms with Gasteiger partial charge in [0.25, 0.3) is 0 Å². The molecule has 0 radical (unpaired) electrons. The predicted octanol–water partition coefficient (Wildman–Crippen LogP) is 5.51. The summed E-state index contributed by atoms with van der Waals surface area (Å²) >= 11 is 0. The van der Waals surface area contributed by atoms with Gasteiger partial charge in [-0.15, -0.1) is 0 Å². The molecule has 0 aromatic heterocycles. The lowest BCUT2D eigenvalue weighted by Crippen LogP contribution is -1.93. The Kier molecular flexibility index (Phi) is 5.48. The topological polar surface area (TPSA) is 34.1 Å². The van der Waals surface area contributed by atoms with E-state index in [1.54, 1.807) is 35.4 Å². The van der Waals surface area contributed by atoms with Crippen LogP contribution in [0.4, 0.5) is 0 Å². The Morgan fingerprint density at radius 1 is 0.727 bits per heavy atom. The summed E-state index contributed by atoms with van der Waals surface area (Å²) in [5.41, 5.74) is 3.69.